The number of aliphatic hydroxyl groups excluding tert-OH is 2. The summed E-state index contributed by atoms with van der Waals surface area (Å²) in [5.74, 6) is -0.229. The summed E-state index contributed by atoms with van der Waals surface area (Å²) in [6, 6.07) is 16.7. The molecule has 9 nitrogen and oxygen atoms in total. The van der Waals surface area contributed by atoms with Crippen molar-refractivity contribution in [1.82, 2.24) is 4.72 Å². The third-order valence-electron chi connectivity index (χ3n) is 6.32. The normalized spacial score (nSPS) is 15.7. The maximum absolute atomic E-state index is 12.9. The minimum Gasteiger partial charge on any atom is -0.393 e. The fraction of sp³-hybridized carbons (Fsp3) is 0.538. The number of hydrogen-bond acceptors (Lipinski definition) is 6. The average Bonchev–Trinajstić information content (AvgIpc) is 2.86. The third-order valence-corrected chi connectivity index (χ3v) is 9.32. The highest BCUT2D eigenvalue weighted by Crippen LogP contribution is 2.54. The van der Waals surface area contributed by atoms with Crippen molar-refractivity contribution in [3.63, 3.8) is 0 Å². The van der Waals surface area contributed by atoms with E-state index >= 15 is 0 Å². The van der Waals surface area contributed by atoms with Crippen LogP contribution in [0.25, 0.3) is 0 Å². The Morgan fingerprint density at radius 3 is 2.08 bits per heavy atom. The summed E-state index contributed by atoms with van der Waals surface area (Å²) in [4.78, 5) is 20.4. The second-order valence-corrected chi connectivity index (χ2v) is 13.0. The summed E-state index contributed by atoms with van der Waals surface area (Å²) in [6.07, 6.45) is 2.07. The Morgan fingerprint density at radius 2 is 1.54 bits per heavy atom. The Balaban J connectivity index is 2.23. The highest BCUT2D eigenvalue weighted by Gasteiger charge is 2.56. The van der Waals surface area contributed by atoms with Gasteiger partial charge in [-0.05, 0) is 30.4 Å². The molecule has 0 aliphatic heterocycles. The van der Waals surface area contributed by atoms with Crippen molar-refractivity contribution in [2.75, 3.05) is 12.4 Å². The van der Waals surface area contributed by atoms with Gasteiger partial charge >= 0.3 is 7.60 Å². The summed E-state index contributed by atoms with van der Waals surface area (Å²) in [5.41, 5.74) is 1.56. The lowest BCUT2D eigenvalue weighted by Gasteiger charge is -2.40. The standard InChI is InChI=1S/C26H40NO8PS/c1-2-3-4-11-18-24(27-37(33,34)19-12-17-22-13-7-5-8-14-22)25(29)26(21-28,36(30,31)32)35-20-23-15-9-6-10-16-23/h5-10,13-16,24-25,27-29H,2-4,11-12,17-21H2,1H3,(H2,30,31,32). The number of aryl methyl sites for hydroxylation is 1. The summed E-state index contributed by atoms with van der Waals surface area (Å²) in [6.45, 7) is 0.520. The molecule has 0 saturated carbocycles. The van der Waals surface area contributed by atoms with Crippen LogP contribution in [0, 0.1) is 0 Å². The van der Waals surface area contributed by atoms with E-state index in [1.54, 1.807) is 30.3 Å². The molecule has 3 atom stereocenters. The molecule has 5 N–H and O–H groups in total. The van der Waals surface area contributed by atoms with Crippen LogP contribution in [0.2, 0.25) is 0 Å². The van der Waals surface area contributed by atoms with E-state index in [0.717, 1.165) is 24.8 Å². The summed E-state index contributed by atoms with van der Waals surface area (Å²) in [7, 11) is -9.20. The largest absolute Gasteiger partial charge is 0.393 e. The molecule has 0 heterocycles. The van der Waals surface area contributed by atoms with Crippen LogP contribution >= 0.6 is 7.60 Å². The first kappa shape index (κ1) is 31.6. The van der Waals surface area contributed by atoms with E-state index < -0.39 is 41.7 Å². The van der Waals surface area contributed by atoms with E-state index in [1.165, 1.54) is 0 Å². The van der Waals surface area contributed by atoms with Gasteiger partial charge in [0.15, 0.2) is 0 Å². The van der Waals surface area contributed by atoms with Crippen LogP contribution in [0.1, 0.15) is 56.6 Å². The van der Waals surface area contributed by atoms with Crippen molar-refractivity contribution in [3.05, 3.63) is 71.8 Å². The van der Waals surface area contributed by atoms with Crippen molar-refractivity contribution in [2.24, 2.45) is 0 Å². The molecule has 208 valence electrons. The molecule has 37 heavy (non-hydrogen) atoms. The zero-order valence-corrected chi connectivity index (χ0v) is 23.0. The minimum absolute atomic E-state index is 0.121. The topological polar surface area (TPSA) is 153 Å². The number of unbranched alkanes of at least 4 members (excludes halogenated alkanes) is 3. The molecule has 2 aromatic carbocycles. The Kier molecular flexibility index (Phi) is 12.9. The maximum atomic E-state index is 12.9. The van der Waals surface area contributed by atoms with Crippen molar-refractivity contribution in [1.29, 1.82) is 0 Å². The van der Waals surface area contributed by atoms with Gasteiger partial charge in [-0.15, -0.1) is 0 Å². The van der Waals surface area contributed by atoms with Gasteiger partial charge in [0.25, 0.3) is 0 Å². The summed E-state index contributed by atoms with van der Waals surface area (Å²) < 4.78 is 46.5. The number of hydrogen-bond donors (Lipinski definition) is 5. The predicted molar refractivity (Wildman–Crippen MR) is 143 cm³/mol. The molecule has 0 radical (unpaired) electrons. The van der Waals surface area contributed by atoms with E-state index in [1.807, 2.05) is 37.3 Å². The first-order valence-electron chi connectivity index (χ1n) is 12.6. The second kappa shape index (κ2) is 15.1. The van der Waals surface area contributed by atoms with Gasteiger partial charge in [0.1, 0.15) is 6.10 Å². The second-order valence-electron chi connectivity index (χ2n) is 9.25. The molecule has 0 saturated heterocycles. The van der Waals surface area contributed by atoms with Crippen LogP contribution in [-0.2, 0) is 32.4 Å². The molecule has 0 bridgehead atoms. The zero-order valence-electron chi connectivity index (χ0n) is 21.3. The molecule has 3 unspecified atom stereocenters. The Hall–Kier alpha value is -1.62. The average molecular weight is 558 g/mol. The molecule has 2 aromatic rings. The predicted octanol–water partition coefficient (Wildman–Crippen LogP) is 3.32. The van der Waals surface area contributed by atoms with Gasteiger partial charge in [-0.25, -0.2) is 13.1 Å². The molecular formula is C26H40NO8PS. The number of sulfonamides is 1. The molecule has 0 aliphatic carbocycles. The molecule has 11 heteroatoms. The van der Waals surface area contributed by atoms with Gasteiger partial charge in [0, 0.05) is 0 Å². The molecule has 0 fully saturated rings. The minimum atomic E-state index is -5.28. The number of rotatable bonds is 18. The molecular weight excluding hydrogens is 517 g/mol. The quantitative estimate of drug-likeness (QED) is 0.138. The first-order valence-corrected chi connectivity index (χ1v) is 15.9. The molecule has 0 aliphatic rings. The highest BCUT2D eigenvalue weighted by atomic mass is 32.2. The monoisotopic (exact) mass is 557 g/mol. The lowest BCUT2D eigenvalue weighted by molar-refractivity contribution is -0.123. The lowest BCUT2D eigenvalue weighted by atomic mass is 9.99. The van der Waals surface area contributed by atoms with Gasteiger partial charge in [-0.3, -0.25) is 4.57 Å². The van der Waals surface area contributed by atoms with Gasteiger partial charge in [-0.2, -0.15) is 0 Å². The Labute approximate surface area is 220 Å². The summed E-state index contributed by atoms with van der Waals surface area (Å²) >= 11 is 0. The number of ether oxygens (including phenoxy) is 1. The van der Waals surface area contributed by atoms with Gasteiger partial charge in [0.2, 0.25) is 15.4 Å². The smallest absolute Gasteiger partial charge is 0.362 e. The SMILES string of the molecule is CCCCCCC(NS(=O)(=O)CCCc1ccccc1)C(O)C(CO)(OCc1ccccc1)P(=O)(O)O. The molecule has 0 spiro atoms. The van der Waals surface area contributed by atoms with E-state index in [2.05, 4.69) is 4.72 Å². The maximum Gasteiger partial charge on any atom is 0.362 e. The summed E-state index contributed by atoms with van der Waals surface area (Å²) in [5, 5.41) is 18.7. The van der Waals surface area contributed by atoms with Crippen molar-refractivity contribution in [3.8, 4) is 0 Å². The van der Waals surface area contributed by atoms with Crippen LogP contribution < -0.4 is 4.72 Å². The number of benzene rings is 2. The van der Waals surface area contributed by atoms with Crippen LogP contribution in [0.3, 0.4) is 0 Å². The number of nitrogens with one attached hydrogen (secondary N) is 1. The van der Waals surface area contributed by atoms with E-state index in [4.69, 9.17) is 4.74 Å². The van der Waals surface area contributed by atoms with Gasteiger partial charge in [0.05, 0.1) is 25.0 Å². The molecule has 0 aromatic heterocycles. The fourth-order valence-corrected chi connectivity index (χ4v) is 6.43. The number of aliphatic hydroxyl groups is 2. The van der Waals surface area contributed by atoms with Crippen molar-refractivity contribution >= 4 is 17.6 Å². The van der Waals surface area contributed by atoms with Crippen LogP contribution in [-0.4, -0.2) is 58.3 Å². The lowest BCUT2D eigenvalue weighted by Crippen LogP contribution is -2.58. The van der Waals surface area contributed by atoms with E-state index in [-0.39, 0.29) is 18.8 Å². The van der Waals surface area contributed by atoms with Crippen LogP contribution in [0.4, 0.5) is 0 Å². The van der Waals surface area contributed by atoms with Crippen LogP contribution in [0.15, 0.2) is 60.7 Å². The van der Waals surface area contributed by atoms with Crippen molar-refractivity contribution in [2.45, 2.75) is 76.0 Å². The van der Waals surface area contributed by atoms with E-state index in [9.17, 15) is 33.0 Å². The third kappa shape index (κ3) is 9.89. The molecule has 0 amide bonds. The highest BCUT2D eigenvalue weighted by molar-refractivity contribution is 7.89. The van der Waals surface area contributed by atoms with Gasteiger partial charge < -0.3 is 24.7 Å². The van der Waals surface area contributed by atoms with Gasteiger partial charge in [-0.1, -0.05) is 93.3 Å². The van der Waals surface area contributed by atoms with Crippen molar-refractivity contribution < 1.29 is 37.7 Å². The first-order chi connectivity index (χ1) is 17.5. The Morgan fingerprint density at radius 1 is 0.946 bits per heavy atom. The Bertz CT molecular complexity index is 1060. The van der Waals surface area contributed by atoms with E-state index in [0.29, 0.717) is 24.8 Å². The van der Waals surface area contributed by atoms with Crippen LogP contribution in [0.5, 0.6) is 0 Å². The molecule has 2 rings (SSSR count). The fourth-order valence-electron chi connectivity index (χ4n) is 4.14. The zero-order chi connectivity index (χ0) is 27.4.